The molecule has 0 fully saturated rings. The third-order valence-electron chi connectivity index (χ3n) is 4.76. The number of para-hydroxylation sites is 1. The molecule has 1 aliphatic heterocycles. The van der Waals surface area contributed by atoms with Crippen molar-refractivity contribution < 1.29 is 19.1 Å². The van der Waals surface area contributed by atoms with Crippen molar-refractivity contribution in [3.63, 3.8) is 0 Å². The van der Waals surface area contributed by atoms with Gasteiger partial charge in [-0.15, -0.1) is 0 Å². The quantitative estimate of drug-likeness (QED) is 0.659. The van der Waals surface area contributed by atoms with Gasteiger partial charge in [-0.05, 0) is 48.9 Å². The van der Waals surface area contributed by atoms with Gasteiger partial charge in [0.25, 0.3) is 5.91 Å². The molecule has 1 unspecified atom stereocenters. The van der Waals surface area contributed by atoms with Crippen molar-refractivity contribution in [2.24, 2.45) is 0 Å². The molecule has 1 aliphatic rings. The SMILES string of the molecule is Cc1cccc2c1NC(=O)C2(O)CC(=O)c1ccc(-c2ccc(Cl)cc2)o1. The Balaban J connectivity index is 1.61. The molecule has 0 saturated heterocycles. The zero-order valence-electron chi connectivity index (χ0n) is 14.5. The number of aryl methyl sites for hydroxylation is 1. The van der Waals surface area contributed by atoms with E-state index in [1.807, 2.05) is 13.0 Å². The van der Waals surface area contributed by atoms with E-state index in [-0.39, 0.29) is 5.76 Å². The van der Waals surface area contributed by atoms with E-state index in [9.17, 15) is 14.7 Å². The second kappa shape index (κ2) is 6.37. The highest BCUT2D eigenvalue weighted by atomic mass is 35.5. The first-order valence-electron chi connectivity index (χ1n) is 8.41. The third kappa shape index (κ3) is 2.95. The van der Waals surface area contributed by atoms with Crippen LogP contribution in [0.5, 0.6) is 0 Å². The van der Waals surface area contributed by atoms with Gasteiger partial charge in [0.1, 0.15) is 5.76 Å². The Kier molecular flexibility index (Phi) is 4.13. The van der Waals surface area contributed by atoms with Crippen LogP contribution in [-0.4, -0.2) is 16.8 Å². The minimum absolute atomic E-state index is 0.0854. The van der Waals surface area contributed by atoms with Gasteiger partial charge >= 0.3 is 0 Å². The lowest BCUT2D eigenvalue weighted by atomic mass is 9.88. The molecule has 6 heteroatoms. The minimum Gasteiger partial charge on any atom is -0.453 e. The molecule has 0 saturated carbocycles. The van der Waals surface area contributed by atoms with Gasteiger partial charge in [-0.25, -0.2) is 0 Å². The summed E-state index contributed by atoms with van der Waals surface area (Å²) in [5.41, 5.74) is 0.652. The number of aliphatic hydroxyl groups is 1. The summed E-state index contributed by atoms with van der Waals surface area (Å²) >= 11 is 5.88. The maximum Gasteiger partial charge on any atom is 0.261 e. The molecule has 1 atom stereocenters. The molecule has 0 spiro atoms. The first-order chi connectivity index (χ1) is 12.9. The van der Waals surface area contributed by atoms with Crippen LogP contribution in [0, 0.1) is 6.92 Å². The van der Waals surface area contributed by atoms with Crippen LogP contribution in [0.3, 0.4) is 0 Å². The van der Waals surface area contributed by atoms with Crippen molar-refractivity contribution >= 4 is 29.0 Å². The number of ketones is 1. The molecule has 4 rings (SSSR count). The van der Waals surface area contributed by atoms with Crippen LogP contribution in [-0.2, 0) is 10.4 Å². The van der Waals surface area contributed by atoms with Crippen molar-refractivity contribution in [1.29, 1.82) is 0 Å². The van der Waals surface area contributed by atoms with Crippen LogP contribution in [0.25, 0.3) is 11.3 Å². The smallest absolute Gasteiger partial charge is 0.261 e. The zero-order valence-corrected chi connectivity index (χ0v) is 15.2. The van der Waals surface area contributed by atoms with E-state index in [1.54, 1.807) is 48.5 Å². The standard InChI is InChI=1S/C21H16ClNO4/c1-12-3-2-4-15-19(12)23-20(25)21(15,26)11-16(24)18-10-9-17(27-18)13-5-7-14(22)8-6-13/h2-10,26H,11H2,1H3,(H,23,25). The number of furan rings is 1. The number of hydrogen-bond donors (Lipinski definition) is 2. The van der Waals surface area contributed by atoms with Crippen molar-refractivity contribution in [3.8, 4) is 11.3 Å². The Bertz CT molecular complexity index is 1050. The van der Waals surface area contributed by atoms with Gasteiger partial charge in [-0.3, -0.25) is 9.59 Å². The molecule has 3 aromatic rings. The van der Waals surface area contributed by atoms with E-state index in [2.05, 4.69) is 5.32 Å². The molecule has 136 valence electrons. The first-order valence-corrected chi connectivity index (χ1v) is 8.79. The second-order valence-electron chi connectivity index (χ2n) is 6.58. The number of rotatable bonds is 4. The highest BCUT2D eigenvalue weighted by Gasteiger charge is 2.47. The molecule has 2 heterocycles. The van der Waals surface area contributed by atoms with Gasteiger partial charge in [0.15, 0.2) is 11.4 Å². The summed E-state index contributed by atoms with van der Waals surface area (Å²) in [4.78, 5) is 25.1. The molecule has 2 aromatic carbocycles. The third-order valence-corrected chi connectivity index (χ3v) is 5.01. The fourth-order valence-corrected chi connectivity index (χ4v) is 3.40. The average molecular weight is 382 g/mol. The lowest BCUT2D eigenvalue weighted by molar-refractivity contribution is -0.133. The molecule has 27 heavy (non-hydrogen) atoms. The lowest BCUT2D eigenvalue weighted by Crippen LogP contribution is -2.36. The molecule has 0 radical (unpaired) electrons. The van der Waals surface area contributed by atoms with Crippen LogP contribution >= 0.6 is 11.6 Å². The average Bonchev–Trinajstić information content (AvgIpc) is 3.22. The largest absolute Gasteiger partial charge is 0.453 e. The molecular weight excluding hydrogens is 366 g/mol. The fraction of sp³-hybridized carbons (Fsp3) is 0.143. The number of halogens is 1. The number of fused-ring (bicyclic) bond motifs is 1. The number of anilines is 1. The van der Waals surface area contributed by atoms with E-state index in [1.165, 1.54) is 0 Å². The second-order valence-corrected chi connectivity index (χ2v) is 7.02. The number of benzene rings is 2. The summed E-state index contributed by atoms with van der Waals surface area (Å²) in [7, 11) is 0. The number of amides is 1. The Morgan fingerprint density at radius 2 is 1.89 bits per heavy atom. The first kappa shape index (κ1) is 17.5. The van der Waals surface area contributed by atoms with Gasteiger partial charge in [0, 0.05) is 16.1 Å². The molecule has 1 amide bonds. The fourth-order valence-electron chi connectivity index (χ4n) is 3.27. The predicted molar refractivity (Wildman–Crippen MR) is 102 cm³/mol. The molecule has 0 aliphatic carbocycles. The van der Waals surface area contributed by atoms with Gasteiger partial charge in [0.05, 0.1) is 12.1 Å². The molecule has 2 N–H and O–H groups in total. The Hall–Kier alpha value is -2.89. The van der Waals surface area contributed by atoms with E-state index in [0.717, 1.165) is 11.1 Å². The van der Waals surface area contributed by atoms with Crippen molar-refractivity contribution in [2.45, 2.75) is 18.9 Å². The van der Waals surface area contributed by atoms with E-state index >= 15 is 0 Å². The highest BCUT2D eigenvalue weighted by Crippen LogP contribution is 2.40. The summed E-state index contributed by atoms with van der Waals surface area (Å²) in [6.07, 6.45) is -0.400. The lowest BCUT2D eigenvalue weighted by Gasteiger charge is -2.19. The van der Waals surface area contributed by atoms with E-state index in [4.69, 9.17) is 16.0 Å². The Labute approximate surface area is 160 Å². The summed E-state index contributed by atoms with van der Waals surface area (Å²) in [6, 6.07) is 15.5. The maximum absolute atomic E-state index is 12.7. The molecule has 1 aromatic heterocycles. The number of hydrogen-bond acceptors (Lipinski definition) is 4. The number of nitrogens with one attached hydrogen (secondary N) is 1. The summed E-state index contributed by atoms with van der Waals surface area (Å²) in [5.74, 6) is -0.469. The summed E-state index contributed by atoms with van der Waals surface area (Å²) in [6.45, 7) is 1.83. The van der Waals surface area contributed by atoms with Gasteiger partial charge in [0.2, 0.25) is 5.78 Å². The number of Topliss-reactive ketones (excluding diaryl/α,β-unsaturated/α-hetero) is 1. The number of carbonyl (C=O) groups is 2. The normalized spacial score (nSPS) is 18.3. The van der Waals surface area contributed by atoms with E-state index < -0.39 is 23.7 Å². The van der Waals surface area contributed by atoms with Crippen molar-refractivity contribution in [2.75, 3.05) is 5.32 Å². The zero-order chi connectivity index (χ0) is 19.2. The van der Waals surface area contributed by atoms with Gasteiger partial charge in [-0.1, -0.05) is 29.8 Å². The van der Waals surface area contributed by atoms with Crippen LogP contribution in [0.1, 0.15) is 28.1 Å². The maximum atomic E-state index is 12.7. The van der Waals surface area contributed by atoms with E-state index in [0.29, 0.717) is 22.0 Å². The van der Waals surface area contributed by atoms with Crippen LogP contribution in [0.2, 0.25) is 5.02 Å². The summed E-state index contributed by atoms with van der Waals surface area (Å²) < 4.78 is 5.64. The van der Waals surface area contributed by atoms with Gasteiger partial charge in [-0.2, -0.15) is 0 Å². The Morgan fingerprint density at radius 3 is 2.63 bits per heavy atom. The van der Waals surface area contributed by atoms with Crippen molar-refractivity contribution in [3.05, 3.63) is 76.5 Å². The van der Waals surface area contributed by atoms with Crippen molar-refractivity contribution in [1.82, 2.24) is 0 Å². The van der Waals surface area contributed by atoms with Crippen LogP contribution in [0.4, 0.5) is 5.69 Å². The minimum atomic E-state index is -1.91. The monoisotopic (exact) mass is 381 g/mol. The molecule has 0 bridgehead atoms. The van der Waals surface area contributed by atoms with Gasteiger partial charge < -0.3 is 14.8 Å². The predicted octanol–water partition coefficient (Wildman–Crippen LogP) is 4.32. The molecular formula is C21H16ClNO4. The molecule has 5 nitrogen and oxygen atoms in total. The number of carbonyl (C=O) groups excluding carboxylic acids is 2. The Morgan fingerprint density at radius 1 is 1.15 bits per heavy atom. The van der Waals surface area contributed by atoms with Crippen LogP contribution < -0.4 is 5.32 Å². The van der Waals surface area contributed by atoms with Crippen LogP contribution in [0.15, 0.2) is 59.0 Å². The topological polar surface area (TPSA) is 79.5 Å². The summed E-state index contributed by atoms with van der Waals surface area (Å²) in [5, 5.41) is 14.2. The highest BCUT2D eigenvalue weighted by molar-refractivity contribution is 6.30.